The van der Waals surface area contributed by atoms with Crippen LogP contribution >= 0.6 is 11.3 Å². The Kier molecular flexibility index (Phi) is 4.04. The molecule has 0 unspecified atom stereocenters. The van der Waals surface area contributed by atoms with Gasteiger partial charge in [-0.3, -0.25) is 9.78 Å². The number of hydrogen-bond acceptors (Lipinski definition) is 4. The molecule has 94 valence electrons. The van der Waals surface area contributed by atoms with Gasteiger partial charge in [0, 0.05) is 26.0 Å². The molecule has 1 amide bonds. The lowest BCUT2D eigenvalue weighted by molar-refractivity contribution is 0.0789. The van der Waals surface area contributed by atoms with E-state index in [1.165, 1.54) is 11.3 Å². The standard InChI is InChI=1S/C13H15N3OS/c1-3-12-15-8-11(18-12)13(17)16(2)9-10-5-4-6-14-7-10/h4-8H,3,9H2,1-2H3. The molecule has 0 spiro atoms. The van der Waals surface area contributed by atoms with E-state index in [0.717, 1.165) is 17.0 Å². The molecule has 0 atom stereocenters. The first-order valence-corrected chi connectivity index (χ1v) is 6.61. The number of aromatic nitrogens is 2. The van der Waals surface area contributed by atoms with E-state index >= 15 is 0 Å². The van der Waals surface area contributed by atoms with Crippen LogP contribution in [0.5, 0.6) is 0 Å². The second-order valence-electron chi connectivity index (χ2n) is 3.99. The minimum atomic E-state index is 0.0102. The van der Waals surface area contributed by atoms with Crippen LogP contribution in [0.25, 0.3) is 0 Å². The molecule has 0 radical (unpaired) electrons. The monoisotopic (exact) mass is 261 g/mol. The summed E-state index contributed by atoms with van der Waals surface area (Å²) in [5, 5.41) is 0.994. The highest BCUT2D eigenvalue weighted by Crippen LogP contribution is 2.16. The Morgan fingerprint density at radius 2 is 2.28 bits per heavy atom. The van der Waals surface area contributed by atoms with Gasteiger partial charge in [-0.25, -0.2) is 4.98 Å². The zero-order valence-corrected chi connectivity index (χ0v) is 11.3. The molecule has 0 aliphatic carbocycles. The molecule has 0 aromatic carbocycles. The molecular formula is C13H15N3OS. The van der Waals surface area contributed by atoms with Crippen LogP contribution in [-0.4, -0.2) is 27.8 Å². The maximum Gasteiger partial charge on any atom is 0.265 e. The van der Waals surface area contributed by atoms with E-state index in [2.05, 4.69) is 9.97 Å². The van der Waals surface area contributed by atoms with Gasteiger partial charge in [-0.15, -0.1) is 11.3 Å². The topological polar surface area (TPSA) is 46.1 Å². The van der Waals surface area contributed by atoms with E-state index in [9.17, 15) is 4.79 Å². The van der Waals surface area contributed by atoms with Crippen molar-refractivity contribution in [3.63, 3.8) is 0 Å². The molecule has 18 heavy (non-hydrogen) atoms. The van der Waals surface area contributed by atoms with Gasteiger partial charge in [-0.1, -0.05) is 13.0 Å². The molecule has 2 rings (SSSR count). The lowest BCUT2D eigenvalue weighted by atomic mass is 10.2. The van der Waals surface area contributed by atoms with Crippen LogP contribution in [0.15, 0.2) is 30.7 Å². The van der Waals surface area contributed by atoms with Crippen LogP contribution in [0.3, 0.4) is 0 Å². The summed E-state index contributed by atoms with van der Waals surface area (Å²) in [7, 11) is 1.79. The second kappa shape index (κ2) is 5.73. The van der Waals surface area contributed by atoms with Gasteiger partial charge < -0.3 is 4.90 Å². The minimum Gasteiger partial charge on any atom is -0.337 e. The van der Waals surface area contributed by atoms with Crippen molar-refractivity contribution in [2.24, 2.45) is 0 Å². The number of carbonyl (C=O) groups excluding carboxylic acids is 1. The van der Waals surface area contributed by atoms with E-state index in [4.69, 9.17) is 0 Å². The van der Waals surface area contributed by atoms with Gasteiger partial charge in [0.1, 0.15) is 4.88 Å². The largest absolute Gasteiger partial charge is 0.337 e. The summed E-state index contributed by atoms with van der Waals surface area (Å²) < 4.78 is 0. The smallest absolute Gasteiger partial charge is 0.265 e. The molecule has 0 bridgehead atoms. The predicted octanol–water partition coefficient (Wildman–Crippen LogP) is 2.37. The van der Waals surface area contributed by atoms with Crippen molar-refractivity contribution in [2.45, 2.75) is 19.9 Å². The zero-order chi connectivity index (χ0) is 13.0. The molecule has 0 N–H and O–H groups in total. The SMILES string of the molecule is CCc1ncc(C(=O)N(C)Cc2cccnc2)s1. The van der Waals surface area contributed by atoms with Gasteiger partial charge in [0.2, 0.25) is 0 Å². The number of pyridine rings is 1. The van der Waals surface area contributed by atoms with Gasteiger partial charge >= 0.3 is 0 Å². The molecule has 0 fully saturated rings. The van der Waals surface area contributed by atoms with Crippen LogP contribution in [0, 0.1) is 0 Å². The van der Waals surface area contributed by atoms with Crippen LogP contribution in [0.2, 0.25) is 0 Å². The molecule has 4 nitrogen and oxygen atoms in total. The molecule has 0 saturated heterocycles. The number of aryl methyl sites for hydroxylation is 1. The minimum absolute atomic E-state index is 0.0102. The number of hydrogen-bond donors (Lipinski definition) is 0. The molecule has 5 heteroatoms. The summed E-state index contributed by atoms with van der Waals surface area (Å²) in [5.74, 6) is 0.0102. The summed E-state index contributed by atoms with van der Waals surface area (Å²) in [4.78, 5) is 22.8. The molecule has 2 aromatic heterocycles. The number of nitrogens with zero attached hydrogens (tertiary/aromatic N) is 3. The first-order valence-electron chi connectivity index (χ1n) is 5.79. The maximum atomic E-state index is 12.2. The van der Waals surface area contributed by atoms with Crippen molar-refractivity contribution < 1.29 is 4.79 Å². The highest BCUT2D eigenvalue weighted by molar-refractivity contribution is 7.13. The molecular weight excluding hydrogens is 246 g/mol. The van der Waals surface area contributed by atoms with Crippen LogP contribution in [0.4, 0.5) is 0 Å². The fourth-order valence-electron chi connectivity index (χ4n) is 1.60. The summed E-state index contributed by atoms with van der Waals surface area (Å²) in [6.07, 6.45) is 6.02. The average Bonchev–Trinajstić information content (AvgIpc) is 2.87. The predicted molar refractivity (Wildman–Crippen MR) is 71.5 cm³/mol. The molecule has 0 aliphatic heterocycles. The third-order valence-electron chi connectivity index (χ3n) is 2.56. The zero-order valence-electron chi connectivity index (χ0n) is 10.5. The third kappa shape index (κ3) is 2.92. The fourth-order valence-corrected chi connectivity index (χ4v) is 2.45. The Morgan fingerprint density at radius 1 is 1.44 bits per heavy atom. The van der Waals surface area contributed by atoms with Crippen molar-refractivity contribution in [1.82, 2.24) is 14.9 Å². The molecule has 2 aromatic rings. The Morgan fingerprint density at radius 3 is 2.89 bits per heavy atom. The summed E-state index contributed by atoms with van der Waals surface area (Å²) in [6, 6.07) is 3.83. The number of rotatable bonds is 4. The van der Waals surface area contributed by atoms with E-state index in [0.29, 0.717) is 11.4 Å². The highest BCUT2D eigenvalue weighted by atomic mass is 32.1. The van der Waals surface area contributed by atoms with Crippen LogP contribution < -0.4 is 0 Å². The van der Waals surface area contributed by atoms with Crippen molar-refractivity contribution in [1.29, 1.82) is 0 Å². The van der Waals surface area contributed by atoms with Crippen molar-refractivity contribution in [3.05, 3.63) is 46.2 Å². The Hall–Kier alpha value is -1.75. The van der Waals surface area contributed by atoms with Gasteiger partial charge in [-0.2, -0.15) is 0 Å². The molecule has 0 saturated carbocycles. The summed E-state index contributed by atoms with van der Waals surface area (Å²) in [6.45, 7) is 2.60. The number of amides is 1. The first kappa shape index (κ1) is 12.7. The van der Waals surface area contributed by atoms with Gasteiger partial charge in [0.25, 0.3) is 5.91 Å². The van der Waals surface area contributed by atoms with E-state index in [1.807, 2.05) is 19.1 Å². The second-order valence-corrected chi connectivity index (χ2v) is 5.11. The quantitative estimate of drug-likeness (QED) is 0.849. The fraction of sp³-hybridized carbons (Fsp3) is 0.308. The normalized spacial score (nSPS) is 10.3. The number of thiazole rings is 1. The Bertz CT molecular complexity index is 524. The first-order chi connectivity index (χ1) is 8.70. The summed E-state index contributed by atoms with van der Waals surface area (Å²) in [5.41, 5.74) is 1.02. The Balaban J connectivity index is 2.05. The van der Waals surface area contributed by atoms with Gasteiger partial charge in [0.15, 0.2) is 0 Å². The average molecular weight is 261 g/mol. The molecule has 0 aliphatic rings. The lowest BCUT2D eigenvalue weighted by Crippen LogP contribution is -2.25. The van der Waals surface area contributed by atoms with Crippen molar-refractivity contribution in [2.75, 3.05) is 7.05 Å². The van der Waals surface area contributed by atoms with Crippen LogP contribution in [-0.2, 0) is 13.0 Å². The van der Waals surface area contributed by atoms with E-state index < -0.39 is 0 Å². The molecule has 2 heterocycles. The highest BCUT2D eigenvalue weighted by Gasteiger charge is 2.15. The summed E-state index contributed by atoms with van der Waals surface area (Å²) >= 11 is 1.46. The third-order valence-corrected chi connectivity index (χ3v) is 3.69. The van der Waals surface area contributed by atoms with Crippen molar-refractivity contribution >= 4 is 17.2 Å². The van der Waals surface area contributed by atoms with Crippen LogP contribution in [0.1, 0.15) is 27.2 Å². The number of carbonyl (C=O) groups is 1. The van der Waals surface area contributed by atoms with E-state index in [1.54, 1.807) is 30.5 Å². The Labute approximate surface area is 110 Å². The van der Waals surface area contributed by atoms with Gasteiger partial charge in [0.05, 0.1) is 11.2 Å². The maximum absolute atomic E-state index is 12.2. The van der Waals surface area contributed by atoms with Gasteiger partial charge in [-0.05, 0) is 18.1 Å². The van der Waals surface area contributed by atoms with E-state index in [-0.39, 0.29) is 5.91 Å². The lowest BCUT2D eigenvalue weighted by Gasteiger charge is -2.15. The van der Waals surface area contributed by atoms with Crippen molar-refractivity contribution in [3.8, 4) is 0 Å².